The van der Waals surface area contributed by atoms with Crippen molar-refractivity contribution in [3.63, 3.8) is 0 Å². The molecule has 17 heavy (non-hydrogen) atoms. The van der Waals surface area contributed by atoms with Crippen LogP contribution in [0.4, 0.5) is 0 Å². The van der Waals surface area contributed by atoms with E-state index in [0.29, 0.717) is 12.3 Å². The third-order valence-corrected chi connectivity index (χ3v) is 3.51. The van der Waals surface area contributed by atoms with E-state index in [9.17, 15) is 4.79 Å². The number of furan rings is 1. The van der Waals surface area contributed by atoms with Crippen molar-refractivity contribution in [3.8, 4) is 0 Å². The lowest BCUT2D eigenvalue weighted by molar-refractivity contribution is 0.0696. The van der Waals surface area contributed by atoms with E-state index in [1.807, 2.05) is 11.4 Å². The quantitative estimate of drug-likeness (QED) is 0.857. The fraction of sp³-hybridized carbons (Fsp3) is 0.250. The van der Waals surface area contributed by atoms with Gasteiger partial charge in [-0.3, -0.25) is 0 Å². The highest BCUT2D eigenvalue weighted by atomic mass is 32.1. The van der Waals surface area contributed by atoms with Crippen molar-refractivity contribution in [1.29, 1.82) is 0 Å². The highest BCUT2D eigenvalue weighted by molar-refractivity contribution is 7.10. The van der Waals surface area contributed by atoms with Gasteiger partial charge in [-0.15, -0.1) is 11.3 Å². The molecular weight excluding hydrogens is 238 g/mol. The van der Waals surface area contributed by atoms with Gasteiger partial charge in [-0.25, -0.2) is 4.79 Å². The van der Waals surface area contributed by atoms with E-state index in [2.05, 4.69) is 18.3 Å². The van der Waals surface area contributed by atoms with Crippen molar-refractivity contribution >= 4 is 17.3 Å². The molecule has 2 rings (SSSR count). The molecule has 4 nitrogen and oxygen atoms in total. The Morgan fingerprint density at radius 2 is 2.47 bits per heavy atom. The monoisotopic (exact) mass is 251 g/mol. The van der Waals surface area contributed by atoms with E-state index in [0.717, 1.165) is 0 Å². The smallest absolute Gasteiger partial charge is 0.338 e. The molecule has 0 aliphatic rings. The second kappa shape index (κ2) is 5.16. The zero-order chi connectivity index (χ0) is 12.3. The average Bonchev–Trinajstić information content (AvgIpc) is 2.97. The summed E-state index contributed by atoms with van der Waals surface area (Å²) in [4.78, 5) is 11.9. The van der Waals surface area contributed by atoms with Crippen LogP contribution in [0.25, 0.3) is 0 Å². The van der Waals surface area contributed by atoms with Crippen LogP contribution in [-0.2, 0) is 6.54 Å². The van der Waals surface area contributed by atoms with E-state index in [1.165, 1.54) is 17.2 Å². The standard InChI is InChI=1S/C12H13NO3S/c1-8(11-3-2-4-17-11)13-6-10-5-9(7-16-10)12(14)15/h2-5,7-8,13H,6H2,1H3,(H,14,15)/t8-/m1/s1. The minimum absolute atomic E-state index is 0.186. The minimum atomic E-state index is -0.966. The van der Waals surface area contributed by atoms with Gasteiger partial charge in [-0.1, -0.05) is 6.07 Å². The molecule has 0 saturated carbocycles. The lowest BCUT2D eigenvalue weighted by Crippen LogP contribution is -2.16. The van der Waals surface area contributed by atoms with Gasteiger partial charge in [0.1, 0.15) is 12.0 Å². The molecular formula is C12H13NO3S. The second-order valence-electron chi connectivity index (χ2n) is 3.72. The summed E-state index contributed by atoms with van der Waals surface area (Å²) in [7, 11) is 0. The highest BCUT2D eigenvalue weighted by Crippen LogP contribution is 2.18. The molecule has 90 valence electrons. The maximum absolute atomic E-state index is 10.7. The summed E-state index contributed by atoms with van der Waals surface area (Å²) in [6.07, 6.45) is 1.26. The van der Waals surface area contributed by atoms with E-state index < -0.39 is 5.97 Å². The molecule has 0 radical (unpaired) electrons. The summed E-state index contributed by atoms with van der Waals surface area (Å²) in [6.45, 7) is 2.58. The van der Waals surface area contributed by atoms with Crippen LogP contribution >= 0.6 is 11.3 Å². The van der Waals surface area contributed by atoms with Gasteiger partial charge in [0.15, 0.2) is 0 Å². The number of carboxylic acid groups (broad SMARTS) is 1. The van der Waals surface area contributed by atoms with E-state index in [4.69, 9.17) is 9.52 Å². The molecule has 2 heterocycles. The van der Waals surface area contributed by atoms with Gasteiger partial charge in [-0.2, -0.15) is 0 Å². The molecule has 0 bridgehead atoms. The molecule has 0 unspecified atom stereocenters. The van der Waals surface area contributed by atoms with Gasteiger partial charge < -0.3 is 14.8 Å². The molecule has 0 aliphatic heterocycles. The number of hydrogen-bond acceptors (Lipinski definition) is 4. The van der Waals surface area contributed by atoms with Crippen molar-refractivity contribution in [2.45, 2.75) is 19.5 Å². The first-order valence-electron chi connectivity index (χ1n) is 5.24. The van der Waals surface area contributed by atoms with Crippen LogP contribution in [0.2, 0.25) is 0 Å². The number of nitrogens with one attached hydrogen (secondary N) is 1. The summed E-state index contributed by atoms with van der Waals surface area (Å²) < 4.78 is 5.15. The number of thiophene rings is 1. The summed E-state index contributed by atoms with van der Waals surface area (Å²) in [5.41, 5.74) is 0.186. The molecule has 0 aromatic carbocycles. The Morgan fingerprint density at radius 1 is 1.65 bits per heavy atom. The number of carbonyl (C=O) groups is 1. The molecule has 5 heteroatoms. The zero-order valence-electron chi connectivity index (χ0n) is 9.34. The SMILES string of the molecule is C[C@@H](NCc1cc(C(=O)O)co1)c1cccs1. The fourth-order valence-corrected chi connectivity index (χ4v) is 2.24. The van der Waals surface area contributed by atoms with Gasteiger partial charge in [0.2, 0.25) is 0 Å². The Balaban J connectivity index is 1.91. The lowest BCUT2D eigenvalue weighted by Gasteiger charge is -2.10. The predicted molar refractivity (Wildman–Crippen MR) is 65.2 cm³/mol. The van der Waals surface area contributed by atoms with Gasteiger partial charge in [0.25, 0.3) is 0 Å². The van der Waals surface area contributed by atoms with Gasteiger partial charge >= 0.3 is 5.97 Å². The number of carboxylic acids is 1. The molecule has 0 aliphatic carbocycles. The van der Waals surface area contributed by atoms with Gasteiger partial charge in [0, 0.05) is 10.9 Å². The topological polar surface area (TPSA) is 62.5 Å². The van der Waals surface area contributed by atoms with Crippen molar-refractivity contribution in [2.24, 2.45) is 0 Å². The van der Waals surface area contributed by atoms with Crippen LogP contribution in [0.1, 0.15) is 34.0 Å². The van der Waals surface area contributed by atoms with E-state index in [1.54, 1.807) is 11.3 Å². The molecule has 0 spiro atoms. The Bertz CT molecular complexity index is 490. The Morgan fingerprint density at radius 3 is 3.06 bits per heavy atom. The first-order chi connectivity index (χ1) is 8.16. The van der Waals surface area contributed by atoms with Crippen LogP contribution < -0.4 is 5.32 Å². The summed E-state index contributed by atoms with van der Waals surface area (Å²) in [6, 6.07) is 5.84. The number of hydrogen-bond donors (Lipinski definition) is 2. The summed E-state index contributed by atoms with van der Waals surface area (Å²) in [5, 5.41) is 14.1. The highest BCUT2D eigenvalue weighted by Gasteiger charge is 2.10. The maximum atomic E-state index is 10.7. The van der Waals surface area contributed by atoms with Crippen molar-refractivity contribution in [3.05, 3.63) is 46.0 Å². The molecule has 1 atom stereocenters. The van der Waals surface area contributed by atoms with Crippen LogP contribution in [0, 0.1) is 0 Å². The van der Waals surface area contributed by atoms with Crippen LogP contribution in [0.3, 0.4) is 0 Å². The van der Waals surface area contributed by atoms with Crippen LogP contribution in [-0.4, -0.2) is 11.1 Å². The summed E-state index contributed by atoms with van der Waals surface area (Å²) in [5.74, 6) is -0.336. The van der Waals surface area contributed by atoms with Crippen molar-refractivity contribution in [2.75, 3.05) is 0 Å². The third kappa shape index (κ3) is 2.95. The number of aromatic carboxylic acids is 1. The number of rotatable bonds is 5. The fourth-order valence-electron chi connectivity index (χ4n) is 1.48. The lowest BCUT2D eigenvalue weighted by atomic mass is 10.2. The van der Waals surface area contributed by atoms with Crippen LogP contribution in [0.5, 0.6) is 0 Å². The predicted octanol–water partition coefficient (Wildman–Crippen LogP) is 2.89. The zero-order valence-corrected chi connectivity index (χ0v) is 10.2. The molecule has 0 saturated heterocycles. The van der Waals surface area contributed by atoms with Crippen LogP contribution in [0.15, 0.2) is 34.3 Å². The molecule has 2 aromatic rings. The maximum Gasteiger partial charge on any atom is 0.338 e. The summed E-state index contributed by atoms with van der Waals surface area (Å²) >= 11 is 1.69. The van der Waals surface area contributed by atoms with Gasteiger partial charge in [0.05, 0.1) is 12.1 Å². The molecule has 0 fully saturated rings. The first-order valence-corrected chi connectivity index (χ1v) is 6.12. The second-order valence-corrected chi connectivity index (χ2v) is 4.70. The molecule has 2 N–H and O–H groups in total. The average molecular weight is 251 g/mol. The van der Waals surface area contributed by atoms with E-state index >= 15 is 0 Å². The largest absolute Gasteiger partial charge is 0.478 e. The Labute approximate surface area is 103 Å². The first kappa shape index (κ1) is 11.9. The van der Waals surface area contributed by atoms with Crippen molar-refractivity contribution in [1.82, 2.24) is 5.32 Å². The molecule has 2 aromatic heterocycles. The van der Waals surface area contributed by atoms with E-state index in [-0.39, 0.29) is 11.6 Å². The Kier molecular flexibility index (Phi) is 3.61. The minimum Gasteiger partial charge on any atom is -0.478 e. The normalized spacial score (nSPS) is 12.5. The Hall–Kier alpha value is -1.59. The third-order valence-electron chi connectivity index (χ3n) is 2.45. The van der Waals surface area contributed by atoms with Gasteiger partial charge in [-0.05, 0) is 24.4 Å². The molecule has 0 amide bonds. The van der Waals surface area contributed by atoms with Crippen molar-refractivity contribution < 1.29 is 14.3 Å².